The molecule has 1 unspecified atom stereocenters. The predicted molar refractivity (Wildman–Crippen MR) is 81.8 cm³/mol. The summed E-state index contributed by atoms with van der Waals surface area (Å²) in [5.41, 5.74) is 2.21. The Bertz CT molecular complexity index is 578. The van der Waals surface area contributed by atoms with E-state index in [9.17, 15) is 0 Å². The largest absolute Gasteiger partial charge is 0.419 e. The molecule has 21 heavy (non-hydrogen) atoms. The number of rotatable bonds is 5. The zero-order chi connectivity index (χ0) is 14.7. The van der Waals surface area contributed by atoms with Gasteiger partial charge >= 0.3 is 0 Å². The quantitative estimate of drug-likeness (QED) is 0.912. The van der Waals surface area contributed by atoms with Crippen molar-refractivity contribution in [2.75, 3.05) is 26.7 Å². The van der Waals surface area contributed by atoms with E-state index in [4.69, 9.17) is 4.42 Å². The summed E-state index contributed by atoms with van der Waals surface area (Å²) in [5.74, 6) is 2.04. The maximum atomic E-state index is 5.79. The van der Waals surface area contributed by atoms with Crippen molar-refractivity contribution in [3.63, 3.8) is 0 Å². The van der Waals surface area contributed by atoms with Crippen LogP contribution in [0.1, 0.15) is 17.9 Å². The molecule has 3 rings (SSSR count). The number of hydrogen-bond acceptors (Lipinski definition) is 5. The van der Waals surface area contributed by atoms with Crippen LogP contribution in [-0.4, -0.2) is 41.8 Å². The molecule has 2 aromatic rings. The van der Waals surface area contributed by atoms with E-state index in [1.54, 1.807) is 0 Å². The molecule has 1 saturated heterocycles. The lowest BCUT2D eigenvalue weighted by Gasteiger charge is -2.13. The van der Waals surface area contributed by atoms with Crippen molar-refractivity contribution in [2.45, 2.75) is 19.9 Å². The normalized spacial score (nSPS) is 19.2. The van der Waals surface area contributed by atoms with E-state index in [0.717, 1.165) is 37.7 Å². The molecule has 0 radical (unpaired) electrons. The van der Waals surface area contributed by atoms with Crippen molar-refractivity contribution in [2.24, 2.45) is 5.92 Å². The minimum Gasteiger partial charge on any atom is -0.419 e. The average Bonchev–Trinajstić information content (AvgIpc) is 3.11. The molecule has 0 spiro atoms. The van der Waals surface area contributed by atoms with Crippen LogP contribution in [0.15, 0.2) is 28.7 Å². The average molecular weight is 286 g/mol. The third-order valence-electron chi connectivity index (χ3n) is 3.99. The number of likely N-dealkylation sites (tertiary alicyclic amines) is 1. The van der Waals surface area contributed by atoms with Gasteiger partial charge in [0.15, 0.2) is 0 Å². The van der Waals surface area contributed by atoms with Gasteiger partial charge in [-0.1, -0.05) is 17.7 Å². The van der Waals surface area contributed by atoms with Crippen LogP contribution in [0.2, 0.25) is 0 Å². The monoisotopic (exact) mass is 286 g/mol. The summed E-state index contributed by atoms with van der Waals surface area (Å²) in [6, 6.07) is 8.15. The second-order valence-electron chi connectivity index (χ2n) is 5.81. The molecule has 1 aromatic carbocycles. The first kappa shape index (κ1) is 14.2. The highest BCUT2D eigenvalue weighted by Gasteiger charge is 2.23. The van der Waals surface area contributed by atoms with E-state index in [1.165, 1.54) is 12.0 Å². The van der Waals surface area contributed by atoms with Crippen molar-refractivity contribution >= 4 is 0 Å². The van der Waals surface area contributed by atoms with Crippen LogP contribution in [0.4, 0.5) is 0 Å². The minimum absolute atomic E-state index is 0.607. The molecule has 2 heterocycles. The van der Waals surface area contributed by atoms with Crippen LogP contribution in [0.5, 0.6) is 0 Å². The van der Waals surface area contributed by atoms with Gasteiger partial charge in [-0.05, 0) is 51.5 Å². The molecule has 112 valence electrons. The highest BCUT2D eigenvalue weighted by Crippen LogP contribution is 2.21. The number of nitrogens with zero attached hydrogens (tertiary/aromatic N) is 3. The first-order valence-electron chi connectivity index (χ1n) is 7.51. The summed E-state index contributed by atoms with van der Waals surface area (Å²) in [4.78, 5) is 2.38. The van der Waals surface area contributed by atoms with E-state index in [0.29, 0.717) is 11.8 Å². The van der Waals surface area contributed by atoms with Crippen molar-refractivity contribution in [1.82, 2.24) is 20.4 Å². The highest BCUT2D eigenvalue weighted by atomic mass is 16.4. The van der Waals surface area contributed by atoms with Crippen molar-refractivity contribution in [1.29, 1.82) is 0 Å². The van der Waals surface area contributed by atoms with E-state index in [-0.39, 0.29) is 0 Å². The Hall–Kier alpha value is -1.72. The summed E-state index contributed by atoms with van der Waals surface area (Å²) < 4.78 is 5.79. The molecule has 5 nitrogen and oxygen atoms in total. The molecule has 0 bridgehead atoms. The predicted octanol–water partition coefficient (Wildman–Crippen LogP) is 2.09. The van der Waals surface area contributed by atoms with Crippen LogP contribution in [0, 0.1) is 12.8 Å². The van der Waals surface area contributed by atoms with Gasteiger partial charge in [0.25, 0.3) is 0 Å². The van der Waals surface area contributed by atoms with Gasteiger partial charge in [0, 0.05) is 12.1 Å². The van der Waals surface area contributed by atoms with Gasteiger partial charge in [0.05, 0.1) is 6.54 Å². The van der Waals surface area contributed by atoms with Gasteiger partial charge in [-0.25, -0.2) is 0 Å². The standard InChI is InChI=1S/C16H22N4O/c1-12-3-5-14(6-4-12)16-19-18-15(21-16)11-20-8-7-13(10-20)9-17-2/h3-6,13,17H,7-11H2,1-2H3. The Morgan fingerprint density at radius 2 is 2.10 bits per heavy atom. The van der Waals surface area contributed by atoms with Gasteiger partial charge in [0.2, 0.25) is 11.8 Å². The van der Waals surface area contributed by atoms with Crippen molar-refractivity contribution in [3.8, 4) is 11.5 Å². The van der Waals surface area contributed by atoms with E-state index in [2.05, 4.69) is 39.5 Å². The molecule has 0 saturated carbocycles. The fraction of sp³-hybridized carbons (Fsp3) is 0.500. The summed E-state index contributed by atoms with van der Waals surface area (Å²) in [5, 5.41) is 11.6. The van der Waals surface area contributed by atoms with Gasteiger partial charge in [-0.15, -0.1) is 10.2 Å². The molecule has 1 N–H and O–H groups in total. The number of hydrogen-bond donors (Lipinski definition) is 1. The summed E-state index contributed by atoms with van der Waals surface area (Å²) in [6.45, 7) is 6.10. The summed E-state index contributed by atoms with van der Waals surface area (Å²) in [6.07, 6.45) is 1.24. The Kier molecular flexibility index (Phi) is 4.31. The zero-order valence-electron chi connectivity index (χ0n) is 12.7. The second kappa shape index (κ2) is 6.37. The lowest BCUT2D eigenvalue weighted by atomic mass is 10.1. The molecule has 1 atom stereocenters. The first-order chi connectivity index (χ1) is 10.2. The molecule has 1 aromatic heterocycles. The molecule has 0 aliphatic carbocycles. The first-order valence-corrected chi connectivity index (χ1v) is 7.51. The summed E-state index contributed by atoms with van der Waals surface area (Å²) >= 11 is 0. The Morgan fingerprint density at radius 3 is 2.86 bits per heavy atom. The van der Waals surface area contributed by atoms with Gasteiger partial charge in [0.1, 0.15) is 0 Å². The lowest BCUT2D eigenvalue weighted by Crippen LogP contribution is -2.24. The SMILES string of the molecule is CNCC1CCN(Cc2nnc(-c3ccc(C)cc3)o2)C1. The molecular formula is C16H22N4O. The Balaban J connectivity index is 1.62. The highest BCUT2D eigenvalue weighted by molar-refractivity contribution is 5.52. The Morgan fingerprint density at radius 1 is 1.29 bits per heavy atom. The zero-order valence-corrected chi connectivity index (χ0v) is 12.7. The van der Waals surface area contributed by atoms with Crippen LogP contribution in [0.25, 0.3) is 11.5 Å². The van der Waals surface area contributed by atoms with Gasteiger partial charge in [-0.2, -0.15) is 0 Å². The molecular weight excluding hydrogens is 264 g/mol. The third kappa shape index (κ3) is 3.49. The number of nitrogens with one attached hydrogen (secondary N) is 1. The number of aromatic nitrogens is 2. The summed E-state index contributed by atoms with van der Waals surface area (Å²) in [7, 11) is 2.01. The molecule has 1 aliphatic heterocycles. The maximum absolute atomic E-state index is 5.79. The van der Waals surface area contributed by atoms with Crippen molar-refractivity contribution in [3.05, 3.63) is 35.7 Å². The maximum Gasteiger partial charge on any atom is 0.247 e. The smallest absolute Gasteiger partial charge is 0.247 e. The molecule has 5 heteroatoms. The fourth-order valence-electron chi connectivity index (χ4n) is 2.83. The van der Waals surface area contributed by atoms with E-state index in [1.807, 2.05) is 19.2 Å². The molecule has 1 fully saturated rings. The van der Waals surface area contributed by atoms with Crippen molar-refractivity contribution < 1.29 is 4.42 Å². The van der Waals surface area contributed by atoms with E-state index >= 15 is 0 Å². The molecule has 0 amide bonds. The third-order valence-corrected chi connectivity index (χ3v) is 3.99. The number of aryl methyl sites for hydroxylation is 1. The van der Waals surface area contributed by atoms with Crippen LogP contribution in [0.3, 0.4) is 0 Å². The topological polar surface area (TPSA) is 54.2 Å². The Labute approximate surface area is 125 Å². The van der Waals surface area contributed by atoms with Gasteiger partial charge in [-0.3, -0.25) is 4.90 Å². The fourth-order valence-corrected chi connectivity index (χ4v) is 2.83. The van der Waals surface area contributed by atoms with Crippen LogP contribution >= 0.6 is 0 Å². The van der Waals surface area contributed by atoms with Gasteiger partial charge < -0.3 is 9.73 Å². The number of benzene rings is 1. The van der Waals surface area contributed by atoms with Crippen LogP contribution in [-0.2, 0) is 6.54 Å². The second-order valence-corrected chi connectivity index (χ2v) is 5.81. The van der Waals surface area contributed by atoms with Crippen LogP contribution < -0.4 is 5.32 Å². The lowest BCUT2D eigenvalue weighted by molar-refractivity contribution is 0.281. The molecule has 1 aliphatic rings. The minimum atomic E-state index is 0.607. The van der Waals surface area contributed by atoms with E-state index < -0.39 is 0 Å².